The van der Waals surface area contributed by atoms with Crippen LogP contribution in [0.15, 0.2) is 33.3 Å². The number of esters is 1. The Morgan fingerprint density at radius 2 is 2.32 bits per heavy atom. The minimum Gasteiger partial charge on any atom is -0.459 e. The van der Waals surface area contributed by atoms with E-state index in [4.69, 9.17) is 13.6 Å². The van der Waals surface area contributed by atoms with Crippen molar-refractivity contribution in [3.05, 3.63) is 45.7 Å². The molecule has 3 aromatic heterocycles. The first-order valence-corrected chi connectivity index (χ1v) is 7.76. The van der Waals surface area contributed by atoms with Gasteiger partial charge in [-0.3, -0.25) is 0 Å². The number of carbonyl (C=O) groups is 1. The van der Waals surface area contributed by atoms with Crippen molar-refractivity contribution in [2.75, 3.05) is 0 Å². The lowest BCUT2D eigenvalue weighted by Gasteiger charge is -1.99. The monoisotopic (exact) mass is 316 g/mol. The predicted octanol–water partition coefficient (Wildman–Crippen LogP) is 3.24. The van der Waals surface area contributed by atoms with Crippen LogP contribution in [0.5, 0.6) is 0 Å². The lowest BCUT2D eigenvalue weighted by Crippen LogP contribution is -2.03. The molecule has 0 unspecified atom stereocenters. The van der Waals surface area contributed by atoms with Crippen LogP contribution in [0.1, 0.15) is 32.4 Å². The van der Waals surface area contributed by atoms with Crippen molar-refractivity contribution in [3.63, 3.8) is 0 Å². The third kappa shape index (κ3) is 2.43. The van der Waals surface area contributed by atoms with E-state index < -0.39 is 0 Å². The molecule has 0 atom stereocenters. The summed E-state index contributed by atoms with van der Waals surface area (Å²) in [7, 11) is 0. The number of hydrogen-bond donors (Lipinski definition) is 0. The van der Waals surface area contributed by atoms with Crippen molar-refractivity contribution in [1.29, 1.82) is 0 Å². The van der Waals surface area contributed by atoms with Gasteiger partial charge in [0.25, 0.3) is 11.8 Å². The first-order chi connectivity index (χ1) is 10.8. The van der Waals surface area contributed by atoms with E-state index in [0.717, 1.165) is 12.8 Å². The van der Waals surface area contributed by atoms with Crippen molar-refractivity contribution in [2.45, 2.75) is 25.9 Å². The molecule has 4 rings (SSSR count). The summed E-state index contributed by atoms with van der Waals surface area (Å²) in [5.41, 5.74) is 1.27. The molecule has 0 saturated carbocycles. The summed E-state index contributed by atoms with van der Waals surface area (Å²) in [6.45, 7) is -0.0465. The van der Waals surface area contributed by atoms with Crippen LogP contribution in [0.25, 0.3) is 11.7 Å². The molecule has 0 fully saturated rings. The number of thiophene rings is 1. The molecular weight excluding hydrogens is 304 g/mol. The molecule has 0 amide bonds. The van der Waals surface area contributed by atoms with Crippen LogP contribution in [-0.2, 0) is 24.2 Å². The Labute approximate surface area is 129 Å². The van der Waals surface area contributed by atoms with Crippen LogP contribution < -0.4 is 0 Å². The van der Waals surface area contributed by atoms with Crippen molar-refractivity contribution in [2.24, 2.45) is 0 Å². The SMILES string of the molecule is O=C(OCc1nnc(-c2ccco2)o1)c1cc2c(s1)CCC2. The van der Waals surface area contributed by atoms with Crippen molar-refractivity contribution >= 4 is 17.3 Å². The molecular formula is C15H12N2O4S. The molecule has 0 saturated heterocycles. The first-order valence-electron chi connectivity index (χ1n) is 6.94. The Morgan fingerprint density at radius 1 is 1.36 bits per heavy atom. The number of furan rings is 1. The summed E-state index contributed by atoms with van der Waals surface area (Å²) in [6.07, 6.45) is 4.81. The predicted molar refractivity (Wildman–Crippen MR) is 77.5 cm³/mol. The third-order valence-electron chi connectivity index (χ3n) is 3.47. The molecule has 0 aromatic carbocycles. The van der Waals surface area contributed by atoms with Gasteiger partial charge in [0.1, 0.15) is 4.88 Å². The van der Waals surface area contributed by atoms with Crippen LogP contribution in [-0.4, -0.2) is 16.2 Å². The average molecular weight is 316 g/mol. The highest BCUT2D eigenvalue weighted by molar-refractivity contribution is 7.14. The zero-order valence-electron chi connectivity index (χ0n) is 11.6. The van der Waals surface area contributed by atoms with E-state index in [1.165, 1.54) is 34.5 Å². The summed E-state index contributed by atoms with van der Waals surface area (Å²) in [5.74, 6) is 0.645. The number of aryl methyl sites for hydroxylation is 2. The van der Waals surface area contributed by atoms with E-state index in [9.17, 15) is 4.79 Å². The second-order valence-corrected chi connectivity index (χ2v) is 6.10. The molecule has 22 heavy (non-hydrogen) atoms. The number of rotatable bonds is 4. The van der Waals surface area contributed by atoms with Gasteiger partial charge >= 0.3 is 5.97 Å². The molecule has 0 bridgehead atoms. The molecule has 0 spiro atoms. The second-order valence-electron chi connectivity index (χ2n) is 4.97. The van der Waals surface area contributed by atoms with Gasteiger partial charge in [0, 0.05) is 4.88 Å². The maximum Gasteiger partial charge on any atom is 0.348 e. The Balaban J connectivity index is 1.40. The summed E-state index contributed by atoms with van der Waals surface area (Å²) >= 11 is 1.51. The molecule has 1 aliphatic rings. The summed E-state index contributed by atoms with van der Waals surface area (Å²) < 4.78 is 15.8. The van der Waals surface area contributed by atoms with E-state index in [0.29, 0.717) is 10.6 Å². The van der Waals surface area contributed by atoms with E-state index in [-0.39, 0.29) is 24.4 Å². The van der Waals surface area contributed by atoms with Crippen molar-refractivity contribution in [1.82, 2.24) is 10.2 Å². The number of carbonyl (C=O) groups excluding carboxylic acids is 1. The van der Waals surface area contributed by atoms with Crippen molar-refractivity contribution in [3.8, 4) is 11.7 Å². The summed E-state index contributed by atoms with van der Waals surface area (Å²) in [6, 6.07) is 5.38. The number of ether oxygens (including phenoxy) is 1. The molecule has 0 N–H and O–H groups in total. The third-order valence-corrected chi connectivity index (χ3v) is 4.69. The summed E-state index contributed by atoms with van der Waals surface area (Å²) in [5, 5.41) is 7.69. The number of hydrogen-bond acceptors (Lipinski definition) is 7. The van der Waals surface area contributed by atoms with Gasteiger partial charge in [-0.2, -0.15) is 0 Å². The second kappa shape index (κ2) is 5.42. The number of nitrogens with zero attached hydrogens (tertiary/aromatic N) is 2. The van der Waals surface area contributed by atoms with Gasteiger partial charge in [0.2, 0.25) is 0 Å². The van der Waals surface area contributed by atoms with Gasteiger partial charge in [-0.15, -0.1) is 21.5 Å². The van der Waals surface area contributed by atoms with Crippen LogP contribution in [0.3, 0.4) is 0 Å². The van der Waals surface area contributed by atoms with E-state index in [1.807, 2.05) is 6.07 Å². The topological polar surface area (TPSA) is 78.4 Å². The fourth-order valence-corrected chi connectivity index (χ4v) is 3.59. The van der Waals surface area contributed by atoms with Gasteiger partial charge in [-0.25, -0.2) is 4.79 Å². The maximum atomic E-state index is 12.0. The van der Waals surface area contributed by atoms with Crippen LogP contribution >= 0.6 is 11.3 Å². The van der Waals surface area contributed by atoms with Crippen LogP contribution in [0.4, 0.5) is 0 Å². The Hall–Kier alpha value is -2.41. The highest BCUT2D eigenvalue weighted by atomic mass is 32.1. The van der Waals surface area contributed by atoms with E-state index in [2.05, 4.69) is 10.2 Å². The minimum absolute atomic E-state index is 0.0465. The van der Waals surface area contributed by atoms with E-state index >= 15 is 0 Å². The zero-order chi connectivity index (χ0) is 14.9. The molecule has 0 radical (unpaired) electrons. The van der Waals surface area contributed by atoms with Gasteiger partial charge < -0.3 is 13.6 Å². The highest BCUT2D eigenvalue weighted by Gasteiger charge is 2.20. The molecule has 3 aromatic rings. The van der Waals surface area contributed by atoms with E-state index in [1.54, 1.807) is 12.1 Å². The number of fused-ring (bicyclic) bond motifs is 1. The lowest BCUT2D eigenvalue weighted by atomic mass is 10.2. The Morgan fingerprint density at radius 3 is 3.14 bits per heavy atom. The lowest BCUT2D eigenvalue weighted by molar-refractivity contribution is 0.0444. The zero-order valence-corrected chi connectivity index (χ0v) is 12.4. The molecule has 112 valence electrons. The summed E-state index contributed by atoms with van der Waals surface area (Å²) in [4.78, 5) is 14.0. The molecule has 6 nitrogen and oxygen atoms in total. The smallest absolute Gasteiger partial charge is 0.348 e. The minimum atomic E-state index is -0.350. The average Bonchev–Trinajstić information content (AvgIpc) is 3.26. The number of aromatic nitrogens is 2. The first kappa shape index (κ1) is 13.3. The van der Waals surface area contributed by atoms with Gasteiger partial charge in [-0.1, -0.05) is 0 Å². The van der Waals surface area contributed by atoms with Gasteiger partial charge in [0.15, 0.2) is 12.4 Å². The molecule has 0 aliphatic heterocycles. The highest BCUT2D eigenvalue weighted by Crippen LogP contribution is 2.31. The molecule has 7 heteroatoms. The maximum absolute atomic E-state index is 12.0. The van der Waals surface area contributed by atoms with Gasteiger partial charge in [-0.05, 0) is 43.0 Å². The fraction of sp³-hybridized carbons (Fsp3) is 0.267. The van der Waals surface area contributed by atoms with Gasteiger partial charge in [0.05, 0.1) is 6.26 Å². The van der Waals surface area contributed by atoms with Crippen LogP contribution in [0, 0.1) is 0 Å². The normalized spacial score (nSPS) is 13.3. The fourth-order valence-electron chi connectivity index (χ4n) is 2.44. The largest absolute Gasteiger partial charge is 0.459 e. The van der Waals surface area contributed by atoms with Crippen LogP contribution in [0.2, 0.25) is 0 Å². The quantitative estimate of drug-likeness (QED) is 0.688. The Kier molecular flexibility index (Phi) is 3.27. The molecule has 1 aliphatic carbocycles. The Bertz CT molecular complexity index is 782. The standard InChI is InChI=1S/C15H12N2O4S/c18-15(12-7-9-3-1-5-11(9)22-12)20-8-13-16-17-14(21-13)10-4-2-6-19-10/h2,4,6-7H,1,3,5,8H2. The molecule has 3 heterocycles. The van der Waals surface area contributed by atoms with Crippen molar-refractivity contribution < 1.29 is 18.4 Å².